The average Bonchev–Trinajstić information content (AvgIpc) is 3.72. The second-order valence-corrected chi connectivity index (χ2v) is 11.9. The van der Waals surface area contributed by atoms with Gasteiger partial charge in [-0.2, -0.15) is 0 Å². The molecule has 2 aromatic heterocycles. The van der Waals surface area contributed by atoms with Crippen molar-refractivity contribution in [3.63, 3.8) is 0 Å². The van der Waals surface area contributed by atoms with Crippen molar-refractivity contribution < 1.29 is 20.6 Å². The quantitative estimate of drug-likeness (QED) is 0.178. The monoisotopic (exact) mass is 658 g/mol. The maximum absolute atomic E-state index is 9.60. The zero-order valence-electron chi connectivity index (χ0n) is 40.3. The van der Waals surface area contributed by atoms with Crippen LogP contribution in [0.15, 0.2) is 176 Å². The van der Waals surface area contributed by atoms with Crippen LogP contribution in [0.25, 0.3) is 87.7 Å². The summed E-state index contributed by atoms with van der Waals surface area (Å²) < 4.78 is 133. The van der Waals surface area contributed by atoms with E-state index in [1.54, 1.807) is 24.3 Å². The Balaban J connectivity index is 1.32. The van der Waals surface area contributed by atoms with Crippen LogP contribution in [0.5, 0.6) is 0 Å². The molecule has 0 bridgehead atoms. The second kappa shape index (κ2) is 12.4. The molecule has 0 radical (unpaired) electrons. The molecule has 7 aromatic carbocycles. The van der Waals surface area contributed by atoms with Gasteiger partial charge in [0.05, 0.1) is 20.6 Å². The molecule has 0 aliphatic rings. The number of rotatable bonds is 6. The normalized spacial score (nSPS) is 15.6. The number of aromatic nitrogens is 3. The highest BCUT2D eigenvalue weighted by molar-refractivity contribution is 7.26. The van der Waals surface area contributed by atoms with E-state index < -0.39 is 101 Å². The van der Waals surface area contributed by atoms with Gasteiger partial charge in [0.15, 0.2) is 17.5 Å². The molecule has 0 aliphatic heterocycles. The van der Waals surface area contributed by atoms with Crippen molar-refractivity contribution in [3.05, 3.63) is 176 Å². The van der Waals surface area contributed by atoms with Gasteiger partial charge in [0.1, 0.15) is 0 Å². The minimum absolute atomic E-state index is 0.0355. The van der Waals surface area contributed by atoms with Gasteiger partial charge in [-0.15, -0.1) is 11.3 Å². The summed E-state index contributed by atoms with van der Waals surface area (Å²) in [4.78, 5) is 14.2. The lowest BCUT2D eigenvalue weighted by atomic mass is 9.98. The van der Waals surface area contributed by atoms with E-state index in [-0.39, 0.29) is 54.8 Å². The summed E-state index contributed by atoms with van der Waals surface area (Å²) in [6.45, 7) is 0. The van der Waals surface area contributed by atoms with Gasteiger partial charge in [0.25, 0.3) is 0 Å². The van der Waals surface area contributed by atoms with E-state index in [2.05, 4.69) is 0 Å². The van der Waals surface area contributed by atoms with Gasteiger partial charge < -0.3 is 0 Å². The van der Waals surface area contributed by atoms with Gasteiger partial charge >= 0.3 is 0 Å². The highest BCUT2D eigenvalue weighted by Crippen LogP contribution is 2.42. The van der Waals surface area contributed by atoms with Crippen molar-refractivity contribution in [1.82, 2.24) is 15.0 Å². The predicted molar refractivity (Wildman–Crippen MR) is 205 cm³/mol. The Bertz CT molecular complexity index is 3410. The molecule has 0 unspecified atom stereocenters. The van der Waals surface area contributed by atoms with Gasteiger partial charge in [-0.3, -0.25) is 0 Å². The number of hydrogen-bond acceptors (Lipinski definition) is 4. The highest BCUT2D eigenvalue weighted by Gasteiger charge is 2.16. The molecule has 9 aromatic rings. The SMILES string of the molecule is [2H]c1c([2H])c([2H])c(-c2c([2H])c([2H])c([2H])c(-c3c([2H])c([2H])c([2H])c4c3sc3c([2H])c(-c5nc(-c6ccccc6)nc(-c6ccc(-c7ccccc7)cc6)n5)c([2H])c([2H])c34)c2[2H])c([2H])c1[2H]. The van der Waals surface area contributed by atoms with E-state index in [4.69, 9.17) is 30.0 Å². The fourth-order valence-electron chi connectivity index (χ4n) is 5.45. The Hall–Kier alpha value is -6.23. The van der Waals surface area contributed by atoms with Crippen molar-refractivity contribution in [2.45, 2.75) is 0 Å². The molecule has 0 amide bonds. The first-order valence-electron chi connectivity index (χ1n) is 22.6. The fourth-order valence-corrected chi connectivity index (χ4v) is 6.57. The van der Waals surface area contributed by atoms with Crippen molar-refractivity contribution in [2.75, 3.05) is 0 Å². The molecule has 2 heterocycles. The topological polar surface area (TPSA) is 38.7 Å². The Morgan fingerprint density at radius 1 is 0.388 bits per heavy atom. The fraction of sp³-hybridized carbons (Fsp3) is 0. The first-order valence-corrected chi connectivity index (χ1v) is 16.0. The molecule has 230 valence electrons. The first kappa shape index (κ1) is 17.3. The van der Waals surface area contributed by atoms with Crippen LogP contribution < -0.4 is 0 Å². The van der Waals surface area contributed by atoms with E-state index in [0.717, 1.165) is 22.5 Å². The molecule has 49 heavy (non-hydrogen) atoms. The van der Waals surface area contributed by atoms with Crippen molar-refractivity contribution in [2.24, 2.45) is 0 Å². The molecule has 0 aliphatic carbocycles. The molecule has 0 saturated carbocycles. The number of fused-ring (bicyclic) bond motifs is 3. The van der Waals surface area contributed by atoms with Gasteiger partial charge in [0, 0.05) is 36.9 Å². The van der Waals surface area contributed by atoms with Crippen LogP contribution in [0.3, 0.4) is 0 Å². The van der Waals surface area contributed by atoms with Gasteiger partial charge in [-0.05, 0) is 45.5 Å². The summed E-state index contributed by atoms with van der Waals surface area (Å²) in [5.74, 6) is 0.360. The van der Waals surface area contributed by atoms with E-state index in [1.807, 2.05) is 60.7 Å². The van der Waals surface area contributed by atoms with Crippen LogP contribution in [-0.2, 0) is 0 Å². The Morgan fingerprint density at radius 3 is 1.69 bits per heavy atom. The third kappa shape index (κ3) is 5.58. The molecular formula is C45H29N3S. The standard InChI is InChI=1S/C45H29N3S/c1-4-12-30(13-5-1)32-22-24-34(25-23-32)44-46-43(33-16-8-3-9-17-33)47-45(48-44)37-26-27-39-40-21-11-20-38(42(40)49-41(39)29-37)36-19-10-18-35(28-36)31-14-6-2-7-15-31/h1-29H/i2D,6D,7D,10D,11D,14D,15D,18D,19D,20D,21D,26D,27D,28D,29D. The minimum Gasteiger partial charge on any atom is -0.208 e. The molecule has 9 rings (SSSR count). The van der Waals surface area contributed by atoms with E-state index in [1.165, 1.54) is 0 Å². The van der Waals surface area contributed by atoms with Crippen LogP contribution >= 0.6 is 11.3 Å². The number of nitrogens with zero attached hydrogens (tertiary/aromatic N) is 3. The molecular weight excluding hydrogens is 615 g/mol. The third-order valence-electron chi connectivity index (χ3n) is 7.83. The average molecular weight is 659 g/mol. The zero-order chi connectivity index (χ0) is 45.6. The Morgan fingerprint density at radius 2 is 0.959 bits per heavy atom. The lowest BCUT2D eigenvalue weighted by Gasteiger charge is -2.09. The summed E-state index contributed by atoms with van der Waals surface area (Å²) in [6.07, 6.45) is 0. The smallest absolute Gasteiger partial charge is 0.164 e. The molecule has 4 heteroatoms. The molecule has 0 fully saturated rings. The number of hydrogen-bond donors (Lipinski definition) is 0. The van der Waals surface area contributed by atoms with Crippen LogP contribution in [0.1, 0.15) is 20.6 Å². The van der Waals surface area contributed by atoms with E-state index >= 15 is 0 Å². The largest absolute Gasteiger partial charge is 0.208 e. The Kier molecular flexibility index (Phi) is 4.37. The minimum atomic E-state index is -0.796. The third-order valence-corrected chi connectivity index (χ3v) is 8.95. The van der Waals surface area contributed by atoms with Crippen LogP contribution in [-0.4, -0.2) is 15.0 Å². The van der Waals surface area contributed by atoms with Crippen molar-refractivity contribution in [3.8, 4) is 67.5 Å². The van der Waals surface area contributed by atoms with Gasteiger partial charge in [-0.1, -0.05) is 163 Å². The Labute approximate surface area is 310 Å². The first-order chi connectivity index (χ1) is 30.5. The summed E-state index contributed by atoms with van der Waals surface area (Å²) in [5, 5.41) is -0.210. The number of benzene rings is 7. The zero-order valence-corrected chi connectivity index (χ0v) is 26.1. The highest BCUT2D eigenvalue weighted by atomic mass is 32.1. The summed E-state index contributed by atoms with van der Waals surface area (Å²) in [7, 11) is 0. The van der Waals surface area contributed by atoms with Crippen LogP contribution in [0, 0.1) is 0 Å². The molecule has 0 spiro atoms. The second-order valence-electron chi connectivity index (χ2n) is 10.9. The van der Waals surface area contributed by atoms with Crippen molar-refractivity contribution in [1.29, 1.82) is 0 Å². The summed E-state index contributed by atoms with van der Waals surface area (Å²) in [5.41, 5.74) is 1.07. The molecule has 0 saturated heterocycles. The van der Waals surface area contributed by atoms with Crippen LogP contribution in [0.2, 0.25) is 0 Å². The van der Waals surface area contributed by atoms with E-state index in [9.17, 15) is 5.48 Å². The lowest BCUT2D eigenvalue weighted by molar-refractivity contribution is 1.07. The summed E-state index contributed by atoms with van der Waals surface area (Å²) in [6, 6.07) is 16.4. The molecule has 3 nitrogen and oxygen atoms in total. The predicted octanol–water partition coefficient (Wildman–Crippen LogP) is 12.2. The van der Waals surface area contributed by atoms with Gasteiger partial charge in [-0.25, -0.2) is 15.0 Å². The lowest BCUT2D eigenvalue weighted by Crippen LogP contribution is -2.00. The van der Waals surface area contributed by atoms with Crippen LogP contribution in [0.4, 0.5) is 0 Å². The van der Waals surface area contributed by atoms with Gasteiger partial charge in [0.2, 0.25) is 0 Å². The van der Waals surface area contributed by atoms with Crippen molar-refractivity contribution >= 4 is 31.5 Å². The number of thiophene rings is 1. The maximum Gasteiger partial charge on any atom is 0.164 e. The molecule has 0 atom stereocenters. The van der Waals surface area contributed by atoms with E-state index in [0.29, 0.717) is 11.1 Å². The maximum atomic E-state index is 9.60. The summed E-state index contributed by atoms with van der Waals surface area (Å²) >= 11 is 0.802. The molecule has 0 N–H and O–H groups in total.